The summed E-state index contributed by atoms with van der Waals surface area (Å²) in [5, 5.41) is 14.0. The maximum atomic E-state index is 12.5. The molecule has 0 atom stereocenters. The fraction of sp³-hybridized carbons (Fsp3) is 0.278. The number of amides is 1. The third-order valence-corrected chi connectivity index (χ3v) is 5.66. The molecule has 1 aliphatic heterocycles. The number of nitro benzene ring substituents is 1. The minimum absolute atomic E-state index is 0.0922. The Morgan fingerprint density at radius 3 is 2.52 bits per heavy atom. The van der Waals surface area contributed by atoms with E-state index >= 15 is 0 Å². The molecule has 1 aliphatic rings. The number of likely N-dealkylation sites (N-methyl/N-ethyl adjacent to an activating group) is 1. The largest absolute Gasteiger partial charge is 0.335 e. The lowest BCUT2D eigenvalue weighted by Crippen LogP contribution is -3.12. The second-order valence-electron chi connectivity index (χ2n) is 6.38. The van der Waals surface area contributed by atoms with Crippen molar-refractivity contribution >= 4 is 35.0 Å². The van der Waals surface area contributed by atoms with Gasteiger partial charge in [0, 0.05) is 21.5 Å². The second-order valence-corrected chi connectivity index (χ2v) is 7.93. The van der Waals surface area contributed by atoms with Gasteiger partial charge >= 0.3 is 0 Å². The summed E-state index contributed by atoms with van der Waals surface area (Å²) in [6, 6.07) is 11.6. The molecule has 9 heteroatoms. The Balaban J connectivity index is 1.75. The minimum atomic E-state index is -0.464. The first kappa shape index (κ1) is 19.6. The third kappa shape index (κ3) is 5.20. The average Bonchev–Trinajstić information content (AvgIpc) is 2.65. The highest BCUT2D eigenvalue weighted by Gasteiger charge is 2.22. The second kappa shape index (κ2) is 8.71. The van der Waals surface area contributed by atoms with Crippen LogP contribution < -0.4 is 10.3 Å². The zero-order chi connectivity index (χ0) is 19.4. The van der Waals surface area contributed by atoms with E-state index in [1.165, 1.54) is 22.7 Å². The van der Waals surface area contributed by atoms with Crippen LogP contribution in [-0.4, -0.2) is 49.1 Å². The van der Waals surface area contributed by atoms with Crippen molar-refractivity contribution in [3.05, 3.63) is 63.2 Å². The number of hydrogen-bond acceptors (Lipinski definition) is 5. The van der Waals surface area contributed by atoms with Gasteiger partial charge in [-0.15, -0.1) is 0 Å². The molecule has 0 unspecified atom stereocenters. The summed E-state index contributed by atoms with van der Waals surface area (Å²) in [7, 11) is 2.11. The molecule has 1 saturated heterocycles. The van der Waals surface area contributed by atoms with Crippen molar-refractivity contribution in [2.24, 2.45) is 0 Å². The van der Waals surface area contributed by atoms with Crippen LogP contribution in [0.3, 0.4) is 0 Å². The highest BCUT2D eigenvalue weighted by Crippen LogP contribution is 2.35. The van der Waals surface area contributed by atoms with Gasteiger partial charge < -0.3 is 4.90 Å². The van der Waals surface area contributed by atoms with Crippen molar-refractivity contribution in [3.8, 4) is 0 Å². The van der Waals surface area contributed by atoms with Crippen LogP contribution in [-0.2, 0) is 0 Å². The molecule has 1 amide bonds. The lowest BCUT2D eigenvalue weighted by Gasteiger charge is -2.30. The Kier molecular flexibility index (Phi) is 6.33. The molecule has 0 saturated carbocycles. The maximum absolute atomic E-state index is 12.5. The van der Waals surface area contributed by atoms with Gasteiger partial charge in [0.05, 0.1) is 43.0 Å². The van der Waals surface area contributed by atoms with Crippen LogP contribution in [0, 0.1) is 10.1 Å². The molecule has 2 N–H and O–H groups in total. The number of benzene rings is 2. The predicted octanol–water partition coefficient (Wildman–Crippen LogP) is 1.87. The number of nitrogens with zero attached hydrogens (tertiary/aromatic N) is 2. The number of nitro groups is 1. The molecule has 3 rings (SSSR count). The molecule has 1 heterocycles. The molecule has 27 heavy (non-hydrogen) atoms. The first-order chi connectivity index (χ1) is 12.9. The first-order valence-corrected chi connectivity index (χ1v) is 9.71. The number of carbonyl (C=O) groups is 1. The number of halogens is 1. The van der Waals surface area contributed by atoms with Gasteiger partial charge in [0.1, 0.15) is 0 Å². The fourth-order valence-electron chi connectivity index (χ4n) is 2.73. The lowest BCUT2D eigenvalue weighted by molar-refractivity contribution is -0.884. The average molecular weight is 408 g/mol. The van der Waals surface area contributed by atoms with Crippen molar-refractivity contribution < 1.29 is 14.6 Å². The number of piperazine rings is 1. The van der Waals surface area contributed by atoms with Gasteiger partial charge in [0.25, 0.3) is 11.6 Å². The van der Waals surface area contributed by atoms with Crippen molar-refractivity contribution in [2.45, 2.75) is 9.79 Å². The van der Waals surface area contributed by atoms with Crippen LogP contribution in [0.25, 0.3) is 0 Å². The number of quaternary nitrogens is 1. The molecule has 0 aliphatic carbocycles. The Labute approximate surface area is 166 Å². The maximum Gasteiger partial charge on any atom is 0.284 e. The van der Waals surface area contributed by atoms with Crippen LogP contribution >= 0.6 is 23.4 Å². The summed E-state index contributed by atoms with van der Waals surface area (Å²) >= 11 is 7.14. The summed E-state index contributed by atoms with van der Waals surface area (Å²) in [6.45, 7) is 3.39. The molecule has 0 aromatic heterocycles. The Morgan fingerprint density at radius 1 is 1.22 bits per heavy atom. The molecule has 7 nitrogen and oxygen atoms in total. The topological polar surface area (TPSA) is 79.9 Å². The molecule has 2 aromatic carbocycles. The van der Waals surface area contributed by atoms with E-state index in [4.69, 9.17) is 11.6 Å². The Morgan fingerprint density at radius 2 is 1.89 bits per heavy atom. The molecule has 142 valence electrons. The van der Waals surface area contributed by atoms with Crippen molar-refractivity contribution in [3.63, 3.8) is 0 Å². The van der Waals surface area contributed by atoms with E-state index in [2.05, 4.69) is 12.5 Å². The SMILES string of the molecule is C[NH+]1CCN(NC(=O)c2ccc(Sc3ccc(Cl)cc3)c([N+](=O)[O-])c2)CC1. The van der Waals surface area contributed by atoms with E-state index in [9.17, 15) is 14.9 Å². The summed E-state index contributed by atoms with van der Waals surface area (Å²) in [6.07, 6.45) is 0. The van der Waals surface area contributed by atoms with E-state index in [0.29, 0.717) is 9.92 Å². The third-order valence-electron chi connectivity index (χ3n) is 4.34. The molecule has 0 bridgehead atoms. The number of rotatable bonds is 5. The highest BCUT2D eigenvalue weighted by atomic mass is 35.5. The monoisotopic (exact) mass is 407 g/mol. The Bertz CT molecular complexity index is 839. The van der Waals surface area contributed by atoms with E-state index in [-0.39, 0.29) is 17.2 Å². The molecular weight excluding hydrogens is 388 g/mol. The quantitative estimate of drug-likeness (QED) is 0.584. The summed E-state index contributed by atoms with van der Waals surface area (Å²) in [4.78, 5) is 26.2. The van der Waals surface area contributed by atoms with Crippen LogP contribution in [0.2, 0.25) is 5.02 Å². The molecule has 0 spiro atoms. The normalized spacial score (nSPS) is 15.5. The molecule has 0 radical (unpaired) electrons. The number of hydrogen-bond donors (Lipinski definition) is 2. The summed E-state index contributed by atoms with van der Waals surface area (Å²) < 4.78 is 0. The van der Waals surface area contributed by atoms with Crippen molar-refractivity contribution in [1.82, 2.24) is 10.4 Å². The van der Waals surface area contributed by atoms with Crippen LogP contribution in [0.4, 0.5) is 5.69 Å². The predicted molar refractivity (Wildman–Crippen MR) is 104 cm³/mol. The number of carbonyl (C=O) groups excluding carboxylic acids is 1. The molecular formula is C18H20ClN4O3S+. The first-order valence-electron chi connectivity index (χ1n) is 8.51. The van der Waals surface area contributed by atoms with Crippen LogP contribution in [0.5, 0.6) is 0 Å². The summed E-state index contributed by atoms with van der Waals surface area (Å²) in [5.41, 5.74) is 3.01. The standard InChI is InChI=1S/C18H19ClN4O3S/c1-21-8-10-22(11-9-21)20-18(24)13-2-7-17(16(12-13)23(25)26)27-15-5-3-14(19)4-6-15/h2-7,12H,8-11H2,1H3,(H,20,24)/p+1. The number of hydrazine groups is 1. The number of nitrogens with one attached hydrogen (secondary N) is 2. The highest BCUT2D eigenvalue weighted by molar-refractivity contribution is 7.99. The van der Waals surface area contributed by atoms with Gasteiger partial charge in [-0.3, -0.25) is 20.3 Å². The summed E-state index contributed by atoms with van der Waals surface area (Å²) in [5.74, 6) is -0.333. The zero-order valence-electron chi connectivity index (χ0n) is 14.8. The lowest BCUT2D eigenvalue weighted by atomic mass is 10.2. The van der Waals surface area contributed by atoms with Gasteiger partial charge in [-0.05, 0) is 36.4 Å². The Hall–Kier alpha value is -2.13. The van der Waals surface area contributed by atoms with Crippen LogP contribution in [0.1, 0.15) is 10.4 Å². The van der Waals surface area contributed by atoms with Gasteiger partial charge in [-0.1, -0.05) is 23.4 Å². The molecule has 1 fully saturated rings. The van der Waals surface area contributed by atoms with Crippen molar-refractivity contribution in [1.29, 1.82) is 0 Å². The molecule has 2 aromatic rings. The van der Waals surface area contributed by atoms with E-state index in [1.54, 1.807) is 36.4 Å². The van der Waals surface area contributed by atoms with E-state index < -0.39 is 4.92 Å². The van der Waals surface area contributed by atoms with Gasteiger partial charge in [0.2, 0.25) is 0 Å². The van der Waals surface area contributed by atoms with Gasteiger partial charge in [0.15, 0.2) is 0 Å². The minimum Gasteiger partial charge on any atom is -0.335 e. The smallest absolute Gasteiger partial charge is 0.284 e. The van der Waals surface area contributed by atoms with E-state index in [1.807, 2.05) is 5.01 Å². The van der Waals surface area contributed by atoms with E-state index in [0.717, 1.165) is 31.1 Å². The van der Waals surface area contributed by atoms with Gasteiger partial charge in [-0.25, -0.2) is 5.01 Å². The zero-order valence-corrected chi connectivity index (χ0v) is 16.3. The van der Waals surface area contributed by atoms with Gasteiger partial charge in [-0.2, -0.15) is 0 Å². The fourth-order valence-corrected chi connectivity index (χ4v) is 3.75. The van der Waals surface area contributed by atoms with Crippen molar-refractivity contribution in [2.75, 3.05) is 33.2 Å². The van der Waals surface area contributed by atoms with Crippen LogP contribution in [0.15, 0.2) is 52.3 Å².